The first-order valence-electron chi connectivity index (χ1n) is 16.0. The lowest BCUT2D eigenvalue weighted by atomic mass is 9.88. The minimum absolute atomic E-state index is 0.126. The average molecular weight is 648 g/mol. The zero-order chi connectivity index (χ0) is 35.7. The highest BCUT2D eigenvalue weighted by molar-refractivity contribution is 6.26. The van der Waals surface area contributed by atoms with E-state index in [0.717, 1.165) is 34.7 Å². The molecule has 4 N–H and O–H groups in total. The second kappa shape index (κ2) is 19.5. The number of fused-ring (bicyclic) bond motifs is 1. The van der Waals surface area contributed by atoms with E-state index in [4.69, 9.17) is 5.73 Å². The lowest BCUT2D eigenvalue weighted by molar-refractivity contribution is -0.131. The number of carbonyl (C=O) groups is 3. The van der Waals surface area contributed by atoms with E-state index in [9.17, 15) is 14.4 Å². The number of nitrogens with one attached hydrogen (secondary N) is 2. The van der Waals surface area contributed by atoms with Gasteiger partial charge in [0.15, 0.2) is 5.78 Å². The summed E-state index contributed by atoms with van der Waals surface area (Å²) in [5, 5.41) is 7.85. The molecule has 252 valence electrons. The highest BCUT2D eigenvalue weighted by Crippen LogP contribution is 2.49. The molecule has 1 aliphatic carbocycles. The van der Waals surface area contributed by atoms with Gasteiger partial charge in [-0.25, -0.2) is 0 Å². The van der Waals surface area contributed by atoms with Gasteiger partial charge in [0.25, 0.3) is 5.91 Å². The van der Waals surface area contributed by atoms with Gasteiger partial charge in [-0.2, -0.15) is 0 Å². The first-order chi connectivity index (χ1) is 22.9. The van der Waals surface area contributed by atoms with Gasteiger partial charge in [0, 0.05) is 42.3 Å². The zero-order valence-corrected chi connectivity index (χ0v) is 29.5. The quantitative estimate of drug-likeness (QED) is 0.0796. The van der Waals surface area contributed by atoms with Crippen molar-refractivity contribution in [3.05, 3.63) is 101 Å². The normalized spacial score (nSPS) is 13.9. The van der Waals surface area contributed by atoms with Gasteiger partial charge in [-0.05, 0) is 99.4 Å². The standard InChI is InChI=1S/C20H24N2.C10H12N2O2.C10H13NO/c1-13(21)19(14(2)22-4)18-12-16(20(3)9-10-20)11-15-7-5-6-8-17(15)18;1-3-6-11-9(2)5-4-7-12-10(14)8-13;1-8(12)10-6-4-3-5-9(10)7-11-2/h5-8,11-12H,9-10,21H2,1-4H3;3,6,8H,7H2,1-2H3,(H,12,14);3-6,11H,7H2,1-2H3/b19-13+,22-14?;6-3-,11-9?;. The molecule has 1 amide bonds. The summed E-state index contributed by atoms with van der Waals surface area (Å²) < 4.78 is 0. The van der Waals surface area contributed by atoms with Gasteiger partial charge in [-0.3, -0.25) is 24.4 Å². The third-order valence-corrected chi connectivity index (χ3v) is 7.83. The lowest BCUT2D eigenvalue weighted by Crippen LogP contribution is -2.24. The van der Waals surface area contributed by atoms with Crippen molar-refractivity contribution in [2.24, 2.45) is 15.7 Å². The molecule has 8 nitrogen and oxygen atoms in total. The molecule has 0 saturated heterocycles. The van der Waals surface area contributed by atoms with E-state index in [1.807, 2.05) is 59.1 Å². The number of carbonyl (C=O) groups excluding carboxylic acids is 3. The van der Waals surface area contributed by atoms with Crippen LogP contribution >= 0.6 is 0 Å². The molecule has 0 aromatic heterocycles. The Balaban J connectivity index is 0.000000268. The van der Waals surface area contributed by atoms with Crippen molar-refractivity contribution < 1.29 is 14.4 Å². The van der Waals surface area contributed by atoms with Crippen LogP contribution in [0.4, 0.5) is 0 Å². The summed E-state index contributed by atoms with van der Waals surface area (Å²) in [5.74, 6) is 4.83. The summed E-state index contributed by atoms with van der Waals surface area (Å²) in [4.78, 5) is 39.8. The molecule has 0 radical (unpaired) electrons. The zero-order valence-electron chi connectivity index (χ0n) is 29.5. The molecule has 0 spiro atoms. The average Bonchev–Trinajstić information content (AvgIpc) is 3.84. The number of hydrogen-bond donors (Lipinski definition) is 3. The topological polar surface area (TPSA) is 126 Å². The number of Topliss-reactive ketones (excluding diaryl/α,β-unsaturated/α-hetero) is 1. The van der Waals surface area contributed by atoms with E-state index in [1.165, 1.54) is 34.7 Å². The van der Waals surface area contributed by atoms with Crippen molar-refractivity contribution in [3.63, 3.8) is 0 Å². The van der Waals surface area contributed by atoms with E-state index in [0.29, 0.717) is 11.1 Å². The number of nitrogens with two attached hydrogens (primary N) is 1. The summed E-state index contributed by atoms with van der Waals surface area (Å²) in [6.45, 7) is 12.4. The van der Waals surface area contributed by atoms with Crippen LogP contribution < -0.4 is 16.4 Å². The highest BCUT2D eigenvalue weighted by Gasteiger charge is 2.39. The molecule has 1 aliphatic rings. The number of amides is 1. The fraction of sp³-hybridized carbons (Fsp3) is 0.325. The molecule has 8 heteroatoms. The van der Waals surface area contributed by atoms with Crippen LogP contribution in [0, 0.1) is 11.8 Å². The van der Waals surface area contributed by atoms with Crippen molar-refractivity contribution in [2.75, 3.05) is 20.6 Å². The van der Waals surface area contributed by atoms with E-state index in [2.05, 4.69) is 75.8 Å². The van der Waals surface area contributed by atoms with Crippen LogP contribution in [0.1, 0.15) is 81.4 Å². The lowest BCUT2D eigenvalue weighted by Gasteiger charge is -2.17. The Bertz CT molecular complexity index is 1780. The number of hydrogen-bond acceptors (Lipinski definition) is 7. The molecule has 4 rings (SSSR count). The van der Waals surface area contributed by atoms with E-state index < -0.39 is 5.91 Å². The Morgan fingerprint density at radius 2 is 1.67 bits per heavy atom. The highest BCUT2D eigenvalue weighted by atomic mass is 16.2. The van der Waals surface area contributed by atoms with Gasteiger partial charge in [0.2, 0.25) is 6.29 Å². The van der Waals surface area contributed by atoms with Crippen LogP contribution in [0.15, 0.2) is 88.6 Å². The predicted octanol–water partition coefficient (Wildman–Crippen LogP) is 6.58. The van der Waals surface area contributed by atoms with Gasteiger partial charge in [-0.15, -0.1) is 0 Å². The SMILES string of the molecule is C/C=C\N=C(C)C#CCNC(=O)C=O.CN=C(C)/C(=C(/C)N)c1cc(C2(C)CC2)cc2ccccc12.CNCc1ccccc1C(C)=O. The minimum Gasteiger partial charge on any atom is -0.402 e. The van der Waals surface area contributed by atoms with Gasteiger partial charge in [0.05, 0.1) is 12.3 Å². The van der Waals surface area contributed by atoms with Crippen molar-refractivity contribution in [1.82, 2.24) is 10.6 Å². The second-order valence-corrected chi connectivity index (χ2v) is 11.8. The summed E-state index contributed by atoms with van der Waals surface area (Å²) in [6.07, 6.45) is 6.17. The molecular weight excluding hydrogens is 598 g/mol. The number of allylic oxidation sites excluding steroid dienone is 3. The maximum atomic E-state index is 11.1. The fourth-order valence-corrected chi connectivity index (χ4v) is 4.92. The van der Waals surface area contributed by atoms with Gasteiger partial charge >= 0.3 is 0 Å². The number of nitrogens with zero attached hydrogens (tertiary/aromatic N) is 2. The third-order valence-electron chi connectivity index (χ3n) is 7.83. The second-order valence-electron chi connectivity index (χ2n) is 11.8. The maximum absolute atomic E-state index is 11.1. The Labute approximate surface area is 285 Å². The molecule has 0 heterocycles. The molecule has 3 aromatic carbocycles. The monoisotopic (exact) mass is 647 g/mol. The number of benzene rings is 3. The molecule has 1 saturated carbocycles. The number of ketones is 1. The third kappa shape index (κ3) is 11.9. The van der Waals surface area contributed by atoms with Crippen molar-refractivity contribution in [1.29, 1.82) is 0 Å². The molecule has 1 fully saturated rings. The van der Waals surface area contributed by atoms with Crippen LogP contribution in [-0.4, -0.2) is 50.0 Å². The molecule has 0 bridgehead atoms. The summed E-state index contributed by atoms with van der Waals surface area (Å²) in [6, 6.07) is 20.9. The predicted molar refractivity (Wildman–Crippen MR) is 200 cm³/mol. The Hall–Kier alpha value is -5.13. The molecule has 0 aliphatic heterocycles. The molecule has 3 aromatic rings. The van der Waals surface area contributed by atoms with Crippen molar-refractivity contribution >= 4 is 45.7 Å². The van der Waals surface area contributed by atoms with Crippen LogP contribution in [-0.2, 0) is 21.5 Å². The molecule has 0 atom stereocenters. The van der Waals surface area contributed by atoms with Crippen LogP contribution in [0.2, 0.25) is 0 Å². The maximum Gasteiger partial charge on any atom is 0.284 e. The Morgan fingerprint density at radius 3 is 2.25 bits per heavy atom. The molecule has 48 heavy (non-hydrogen) atoms. The first kappa shape index (κ1) is 39.1. The summed E-state index contributed by atoms with van der Waals surface area (Å²) in [7, 11) is 3.70. The van der Waals surface area contributed by atoms with E-state index in [1.54, 1.807) is 26.1 Å². The number of rotatable bonds is 9. The first-order valence-corrected chi connectivity index (χ1v) is 16.0. The van der Waals surface area contributed by atoms with Gasteiger partial charge < -0.3 is 16.4 Å². The van der Waals surface area contributed by atoms with Crippen LogP contribution in [0.5, 0.6) is 0 Å². The van der Waals surface area contributed by atoms with Gasteiger partial charge in [-0.1, -0.05) is 73.5 Å². The van der Waals surface area contributed by atoms with Gasteiger partial charge in [0.1, 0.15) is 0 Å². The summed E-state index contributed by atoms with van der Waals surface area (Å²) >= 11 is 0. The number of aliphatic imine (C=N–C) groups is 2. The fourth-order valence-electron chi connectivity index (χ4n) is 4.92. The Morgan fingerprint density at radius 1 is 1.00 bits per heavy atom. The smallest absolute Gasteiger partial charge is 0.284 e. The van der Waals surface area contributed by atoms with Crippen molar-refractivity contribution in [3.8, 4) is 11.8 Å². The van der Waals surface area contributed by atoms with E-state index in [-0.39, 0.29) is 18.6 Å². The molecular formula is C40H49N5O3. The summed E-state index contributed by atoms with van der Waals surface area (Å²) in [5.41, 5.74) is 14.6. The van der Waals surface area contributed by atoms with E-state index >= 15 is 0 Å². The number of aldehydes is 1. The van der Waals surface area contributed by atoms with Crippen LogP contribution in [0.25, 0.3) is 16.3 Å². The van der Waals surface area contributed by atoms with Crippen LogP contribution in [0.3, 0.4) is 0 Å². The minimum atomic E-state index is -0.664. The van der Waals surface area contributed by atoms with Crippen molar-refractivity contribution in [2.45, 2.75) is 66.3 Å². The largest absolute Gasteiger partial charge is 0.402 e. The Kier molecular flexibility index (Phi) is 15.9. The molecule has 0 unspecified atom stereocenters.